The molecular weight excluding hydrogens is 202 g/mol. The summed E-state index contributed by atoms with van der Waals surface area (Å²) < 4.78 is -0.0893. The number of aliphatic hydroxyl groups is 1. The summed E-state index contributed by atoms with van der Waals surface area (Å²) >= 11 is 0. The van der Waals surface area contributed by atoms with Gasteiger partial charge >= 0.3 is 0 Å². The molecule has 0 amide bonds. The second-order valence-electron chi connectivity index (χ2n) is 3.27. The normalized spacial score (nSPS) is 11.6. The minimum atomic E-state index is -0.0893. The number of hydrogen-bond donors (Lipinski definition) is 1. The lowest BCUT2D eigenvalue weighted by Crippen LogP contribution is -2.18. The Balaban J connectivity index is 2.44. The van der Waals surface area contributed by atoms with E-state index in [0.29, 0.717) is 0 Å². The van der Waals surface area contributed by atoms with Gasteiger partial charge in [0.05, 0.1) is 6.61 Å². The van der Waals surface area contributed by atoms with E-state index in [0.717, 1.165) is 0 Å². The van der Waals surface area contributed by atoms with E-state index < -0.39 is 0 Å². The van der Waals surface area contributed by atoms with Gasteiger partial charge in [0.25, 0.3) is 0 Å². The summed E-state index contributed by atoms with van der Waals surface area (Å²) in [5.74, 6) is 0. The van der Waals surface area contributed by atoms with Crippen LogP contribution >= 0.6 is 21.6 Å². The van der Waals surface area contributed by atoms with Crippen LogP contribution in [0.25, 0.3) is 0 Å². The fourth-order valence-corrected chi connectivity index (χ4v) is 2.65. The summed E-state index contributed by atoms with van der Waals surface area (Å²) in [4.78, 5) is 5.11. The highest BCUT2D eigenvalue weighted by Crippen LogP contribution is 2.39. The molecule has 0 unspecified atom stereocenters. The zero-order valence-electron chi connectivity index (χ0n) is 7.73. The molecule has 0 fully saturated rings. The van der Waals surface area contributed by atoms with Crippen LogP contribution in [0, 0.1) is 0 Å². The summed E-state index contributed by atoms with van der Waals surface area (Å²) in [6.45, 7) is 4.23. The minimum absolute atomic E-state index is 0.0893. The first kappa shape index (κ1) is 10.9. The van der Waals surface area contributed by atoms with Crippen LogP contribution in [-0.2, 0) is 0 Å². The van der Waals surface area contributed by atoms with Crippen molar-refractivity contribution in [1.82, 2.24) is 4.98 Å². The van der Waals surface area contributed by atoms with E-state index >= 15 is 0 Å². The monoisotopic (exact) mass is 215 g/mol. The number of aliphatic hydroxyl groups excluding tert-OH is 1. The maximum Gasteiger partial charge on any atom is 0.0581 e. The van der Waals surface area contributed by atoms with Gasteiger partial charge in [0.15, 0.2) is 0 Å². The van der Waals surface area contributed by atoms with Crippen LogP contribution in [0.15, 0.2) is 29.4 Å². The van der Waals surface area contributed by atoms with Crippen molar-refractivity contribution in [1.29, 1.82) is 0 Å². The highest BCUT2D eigenvalue weighted by molar-refractivity contribution is 8.77. The molecule has 0 saturated carbocycles. The third-order valence-electron chi connectivity index (χ3n) is 1.39. The molecule has 1 aromatic heterocycles. The first-order valence-electron chi connectivity index (χ1n) is 4.01. The third kappa shape index (κ3) is 4.02. The molecular formula is C9H13NOS2. The van der Waals surface area contributed by atoms with Crippen molar-refractivity contribution >= 4 is 21.6 Å². The molecule has 1 aromatic rings. The second kappa shape index (κ2) is 4.88. The average Bonchev–Trinajstić information content (AvgIpc) is 2.17. The average molecular weight is 215 g/mol. The summed E-state index contributed by atoms with van der Waals surface area (Å²) in [6, 6.07) is 3.93. The fourth-order valence-electron chi connectivity index (χ4n) is 0.581. The molecule has 4 heteroatoms. The van der Waals surface area contributed by atoms with Crippen LogP contribution in [0.5, 0.6) is 0 Å². The van der Waals surface area contributed by atoms with E-state index in [1.54, 1.807) is 34.0 Å². The van der Waals surface area contributed by atoms with E-state index in [9.17, 15) is 0 Å². The van der Waals surface area contributed by atoms with Crippen molar-refractivity contribution in [3.05, 3.63) is 24.5 Å². The van der Waals surface area contributed by atoms with Gasteiger partial charge in [0.1, 0.15) is 0 Å². The van der Waals surface area contributed by atoms with Gasteiger partial charge in [-0.2, -0.15) is 0 Å². The van der Waals surface area contributed by atoms with Crippen molar-refractivity contribution in [3.63, 3.8) is 0 Å². The van der Waals surface area contributed by atoms with Crippen molar-refractivity contribution in [2.45, 2.75) is 23.5 Å². The lowest BCUT2D eigenvalue weighted by Gasteiger charge is -2.19. The number of nitrogens with zero attached hydrogens (tertiary/aromatic N) is 1. The molecule has 0 aliphatic carbocycles. The summed E-state index contributed by atoms with van der Waals surface area (Å²) in [5, 5.41) is 9.03. The predicted molar refractivity (Wildman–Crippen MR) is 58.8 cm³/mol. The second-order valence-corrected chi connectivity index (χ2v) is 6.18. The zero-order valence-corrected chi connectivity index (χ0v) is 9.36. The van der Waals surface area contributed by atoms with Gasteiger partial charge in [-0.15, -0.1) is 0 Å². The van der Waals surface area contributed by atoms with Crippen molar-refractivity contribution in [2.75, 3.05) is 6.61 Å². The van der Waals surface area contributed by atoms with E-state index in [-0.39, 0.29) is 11.4 Å². The molecule has 0 aromatic carbocycles. The van der Waals surface area contributed by atoms with Gasteiger partial charge in [-0.25, -0.2) is 0 Å². The Morgan fingerprint density at radius 2 is 2.00 bits per heavy atom. The quantitative estimate of drug-likeness (QED) is 0.783. The van der Waals surface area contributed by atoms with E-state index in [2.05, 4.69) is 4.98 Å². The van der Waals surface area contributed by atoms with Gasteiger partial charge in [-0.1, -0.05) is 21.6 Å². The smallest absolute Gasteiger partial charge is 0.0581 e. The minimum Gasteiger partial charge on any atom is -0.395 e. The fraction of sp³-hybridized carbons (Fsp3) is 0.444. The van der Waals surface area contributed by atoms with Gasteiger partial charge in [0, 0.05) is 22.0 Å². The Hall–Kier alpha value is -0.190. The Morgan fingerprint density at radius 3 is 2.54 bits per heavy atom. The molecule has 0 radical (unpaired) electrons. The maximum atomic E-state index is 9.03. The number of pyridine rings is 1. The van der Waals surface area contributed by atoms with Crippen LogP contribution < -0.4 is 0 Å². The Labute approximate surface area is 86.6 Å². The van der Waals surface area contributed by atoms with Crippen LogP contribution in [-0.4, -0.2) is 21.4 Å². The van der Waals surface area contributed by atoms with Crippen LogP contribution in [0.3, 0.4) is 0 Å². The largest absolute Gasteiger partial charge is 0.395 e. The summed E-state index contributed by atoms with van der Waals surface area (Å²) in [7, 11) is 3.34. The lowest BCUT2D eigenvalue weighted by molar-refractivity contribution is 0.265. The van der Waals surface area contributed by atoms with E-state index in [1.165, 1.54) is 4.90 Å². The Morgan fingerprint density at radius 1 is 1.38 bits per heavy atom. The lowest BCUT2D eigenvalue weighted by atomic mass is 10.2. The predicted octanol–water partition coefficient (Wildman–Crippen LogP) is 2.59. The van der Waals surface area contributed by atoms with Crippen molar-refractivity contribution in [3.8, 4) is 0 Å². The molecule has 72 valence electrons. The summed E-state index contributed by atoms with van der Waals surface area (Å²) in [6.07, 6.45) is 3.55. The standard InChI is InChI=1S/C9H13NOS2/c1-9(2,7-11)13-12-8-3-5-10-6-4-8/h3-6,11H,7H2,1-2H3. The molecule has 0 spiro atoms. The van der Waals surface area contributed by atoms with Gasteiger partial charge < -0.3 is 5.11 Å². The highest BCUT2D eigenvalue weighted by Gasteiger charge is 2.17. The molecule has 2 nitrogen and oxygen atoms in total. The van der Waals surface area contributed by atoms with E-state index in [4.69, 9.17) is 5.11 Å². The molecule has 1 N–H and O–H groups in total. The first-order valence-corrected chi connectivity index (χ1v) is 6.15. The van der Waals surface area contributed by atoms with Crippen molar-refractivity contribution < 1.29 is 5.11 Å². The molecule has 13 heavy (non-hydrogen) atoms. The topological polar surface area (TPSA) is 33.1 Å². The molecule has 0 aliphatic heterocycles. The van der Waals surface area contributed by atoms with Crippen LogP contribution in [0.2, 0.25) is 0 Å². The highest BCUT2D eigenvalue weighted by atomic mass is 33.1. The molecule has 1 heterocycles. The van der Waals surface area contributed by atoms with Gasteiger partial charge in [-0.05, 0) is 26.0 Å². The van der Waals surface area contributed by atoms with Gasteiger partial charge in [-0.3, -0.25) is 4.98 Å². The first-order chi connectivity index (χ1) is 6.14. The Kier molecular flexibility index (Phi) is 4.09. The SMILES string of the molecule is CC(C)(CO)SSc1ccncc1. The van der Waals surface area contributed by atoms with Crippen LogP contribution in [0.4, 0.5) is 0 Å². The number of aromatic nitrogens is 1. The summed E-state index contributed by atoms with van der Waals surface area (Å²) in [5.41, 5.74) is 0. The third-order valence-corrected chi connectivity index (χ3v) is 4.70. The zero-order chi connectivity index (χ0) is 9.73. The molecule has 0 saturated heterocycles. The van der Waals surface area contributed by atoms with Crippen LogP contribution in [0.1, 0.15) is 13.8 Å². The maximum absolute atomic E-state index is 9.03. The molecule has 0 bridgehead atoms. The van der Waals surface area contributed by atoms with Gasteiger partial charge in [0.2, 0.25) is 0 Å². The molecule has 0 atom stereocenters. The number of hydrogen-bond acceptors (Lipinski definition) is 4. The number of rotatable bonds is 4. The Bertz CT molecular complexity index is 251. The molecule has 1 rings (SSSR count). The molecule has 0 aliphatic rings. The van der Waals surface area contributed by atoms with Crippen molar-refractivity contribution in [2.24, 2.45) is 0 Å². The van der Waals surface area contributed by atoms with E-state index in [1.807, 2.05) is 26.0 Å².